The summed E-state index contributed by atoms with van der Waals surface area (Å²) in [5, 5.41) is 2.69. The summed E-state index contributed by atoms with van der Waals surface area (Å²) in [6.45, 7) is 2.50. The lowest BCUT2D eigenvalue weighted by atomic mass is 9.90. The first-order chi connectivity index (χ1) is 13.9. The number of hydrogen-bond donors (Lipinski definition) is 1. The molecule has 29 heavy (non-hydrogen) atoms. The van der Waals surface area contributed by atoms with Gasteiger partial charge in [-0.1, -0.05) is 37.0 Å². The SMILES string of the molecule is Cc1ccc(S(=O)(=O)CCC(=O)Nc2ncccc2OCC2CCCCC2)cc1. The number of anilines is 1. The van der Waals surface area contributed by atoms with E-state index in [1.54, 1.807) is 42.6 Å². The predicted molar refractivity (Wildman–Crippen MR) is 113 cm³/mol. The van der Waals surface area contributed by atoms with Crippen LogP contribution in [0.5, 0.6) is 5.75 Å². The maximum Gasteiger partial charge on any atom is 0.226 e. The van der Waals surface area contributed by atoms with Gasteiger partial charge in [-0.2, -0.15) is 0 Å². The van der Waals surface area contributed by atoms with Crippen LogP contribution in [0.1, 0.15) is 44.1 Å². The highest BCUT2D eigenvalue weighted by Crippen LogP contribution is 2.27. The molecule has 156 valence electrons. The van der Waals surface area contributed by atoms with Gasteiger partial charge in [0, 0.05) is 12.6 Å². The van der Waals surface area contributed by atoms with Gasteiger partial charge in [-0.3, -0.25) is 4.79 Å². The molecule has 0 unspecified atom stereocenters. The Morgan fingerprint density at radius 1 is 1.14 bits per heavy atom. The first-order valence-electron chi connectivity index (χ1n) is 10.1. The van der Waals surface area contributed by atoms with Gasteiger partial charge in [0.1, 0.15) is 0 Å². The monoisotopic (exact) mass is 416 g/mol. The fourth-order valence-electron chi connectivity index (χ4n) is 3.45. The molecule has 1 aliphatic carbocycles. The Morgan fingerprint density at radius 2 is 1.86 bits per heavy atom. The predicted octanol–water partition coefficient (Wildman–Crippen LogP) is 4.15. The maximum atomic E-state index is 12.4. The second-order valence-corrected chi connectivity index (χ2v) is 9.70. The number of ether oxygens (including phenoxy) is 1. The Morgan fingerprint density at radius 3 is 2.59 bits per heavy atom. The minimum Gasteiger partial charge on any atom is -0.489 e. The highest BCUT2D eigenvalue weighted by atomic mass is 32.2. The van der Waals surface area contributed by atoms with Crippen LogP contribution >= 0.6 is 0 Å². The molecule has 0 spiro atoms. The van der Waals surface area contributed by atoms with Crippen LogP contribution in [0.4, 0.5) is 5.82 Å². The van der Waals surface area contributed by atoms with Crippen LogP contribution in [0, 0.1) is 12.8 Å². The third-order valence-corrected chi connectivity index (χ3v) is 6.94. The van der Waals surface area contributed by atoms with Crippen molar-refractivity contribution in [1.82, 2.24) is 4.98 Å². The summed E-state index contributed by atoms with van der Waals surface area (Å²) < 4.78 is 30.8. The molecule has 1 aromatic heterocycles. The van der Waals surface area contributed by atoms with Crippen LogP contribution < -0.4 is 10.1 Å². The zero-order valence-electron chi connectivity index (χ0n) is 16.8. The lowest BCUT2D eigenvalue weighted by Gasteiger charge is -2.22. The van der Waals surface area contributed by atoms with Crippen LogP contribution in [-0.4, -0.2) is 31.7 Å². The molecule has 2 aromatic rings. The number of sulfone groups is 1. The molecule has 3 rings (SSSR count). The molecular formula is C22H28N2O4S. The van der Waals surface area contributed by atoms with Gasteiger partial charge >= 0.3 is 0 Å². The van der Waals surface area contributed by atoms with E-state index in [2.05, 4.69) is 10.3 Å². The molecule has 0 bridgehead atoms. The maximum absolute atomic E-state index is 12.4. The molecule has 0 aliphatic heterocycles. The number of aryl methyl sites for hydroxylation is 1. The molecule has 1 amide bonds. The van der Waals surface area contributed by atoms with Crippen molar-refractivity contribution in [3.63, 3.8) is 0 Å². The Hall–Kier alpha value is -2.41. The van der Waals surface area contributed by atoms with Crippen molar-refractivity contribution in [1.29, 1.82) is 0 Å². The standard InChI is InChI=1S/C22H28N2O4S/c1-17-9-11-19(12-10-17)29(26,27)15-13-21(25)24-22-20(8-5-14-23-22)28-16-18-6-3-2-4-7-18/h5,8-12,14,18H,2-4,6-7,13,15-16H2,1H3,(H,23,24,25). The van der Waals surface area contributed by atoms with Crippen molar-refractivity contribution in [2.24, 2.45) is 5.92 Å². The number of carbonyl (C=O) groups excluding carboxylic acids is 1. The fraction of sp³-hybridized carbons (Fsp3) is 0.455. The lowest BCUT2D eigenvalue weighted by molar-refractivity contribution is -0.115. The van der Waals surface area contributed by atoms with Crippen LogP contribution in [0.3, 0.4) is 0 Å². The van der Waals surface area contributed by atoms with Crippen molar-refractivity contribution in [2.75, 3.05) is 17.7 Å². The molecule has 7 heteroatoms. The topological polar surface area (TPSA) is 85.4 Å². The number of hydrogen-bond acceptors (Lipinski definition) is 5. The first kappa shape index (κ1) is 21.3. The molecule has 6 nitrogen and oxygen atoms in total. The van der Waals surface area contributed by atoms with Crippen LogP contribution in [0.25, 0.3) is 0 Å². The summed E-state index contributed by atoms with van der Waals surface area (Å²) in [6, 6.07) is 10.2. The van der Waals surface area contributed by atoms with E-state index in [4.69, 9.17) is 4.74 Å². The highest BCUT2D eigenvalue weighted by Gasteiger charge is 2.18. The van der Waals surface area contributed by atoms with E-state index in [-0.39, 0.29) is 17.1 Å². The van der Waals surface area contributed by atoms with E-state index in [0.717, 1.165) is 5.56 Å². The summed E-state index contributed by atoms with van der Waals surface area (Å²) in [7, 11) is -3.51. The molecule has 0 radical (unpaired) electrons. The summed E-state index contributed by atoms with van der Waals surface area (Å²) in [5.74, 6) is 0.732. The molecular weight excluding hydrogens is 388 g/mol. The van der Waals surface area contributed by atoms with Crippen molar-refractivity contribution >= 4 is 21.6 Å². The summed E-state index contributed by atoms with van der Waals surface area (Å²) in [5.41, 5.74) is 0.984. The molecule has 1 aromatic carbocycles. The van der Waals surface area contributed by atoms with E-state index < -0.39 is 15.7 Å². The fourth-order valence-corrected chi connectivity index (χ4v) is 4.69. The average molecular weight is 417 g/mol. The third kappa shape index (κ3) is 6.29. The van der Waals surface area contributed by atoms with Crippen molar-refractivity contribution < 1.29 is 17.9 Å². The normalized spacial score (nSPS) is 15.1. The number of rotatable bonds is 8. The zero-order chi connectivity index (χ0) is 20.7. The molecule has 1 saturated carbocycles. The Labute approximate surface area is 172 Å². The summed E-state index contributed by atoms with van der Waals surface area (Å²) >= 11 is 0. The molecule has 1 heterocycles. The van der Waals surface area contributed by atoms with Gasteiger partial charge in [0.2, 0.25) is 5.91 Å². The van der Waals surface area contributed by atoms with Crippen molar-refractivity contribution in [2.45, 2.75) is 50.3 Å². The first-order valence-corrected chi connectivity index (χ1v) is 11.8. The van der Waals surface area contributed by atoms with Gasteiger partial charge in [0.25, 0.3) is 0 Å². The molecule has 1 fully saturated rings. The number of aromatic nitrogens is 1. The molecule has 1 N–H and O–H groups in total. The average Bonchev–Trinajstić information content (AvgIpc) is 2.73. The number of amides is 1. The second kappa shape index (κ2) is 9.87. The summed E-state index contributed by atoms with van der Waals surface area (Å²) in [6.07, 6.45) is 7.52. The van der Waals surface area contributed by atoms with E-state index in [1.807, 2.05) is 6.92 Å². The van der Waals surface area contributed by atoms with Gasteiger partial charge in [-0.05, 0) is 49.9 Å². The van der Waals surface area contributed by atoms with Gasteiger partial charge in [-0.25, -0.2) is 13.4 Å². The Bertz CT molecular complexity index is 920. The number of nitrogens with one attached hydrogen (secondary N) is 1. The third-order valence-electron chi connectivity index (χ3n) is 5.21. The van der Waals surface area contributed by atoms with Crippen LogP contribution in [0.2, 0.25) is 0 Å². The van der Waals surface area contributed by atoms with Crippen molar-refractivity contribution in [3.05, 3.63) is 48.2 Å². The number of carbonyl (C=O) groups is 1. The zero-order valence-corrected chi connectivity index (χ0v) is 17.6. The Kier molecular flexibility index (Phi) is 7.25. The minimum absolute atomic E-state index is 0.144. The van der Waals surface area contributed by atoms with E-state index in [1.165, 1.54) is 32.1 Å². The van der Waals surface area contributed by atoms with Gasteiger partial charge in [0.15, 0.2) is 21.4 Å². The molecule has 1 aliphatic rings. The quantitative estimate of drug-likeness (QED) is 0.699. The highest BCUT2D eigenvalue weighted by molar-refractivity contribution is 7.91. The van der Waals surface area contributed by atoms with Gasteiger partial charge in [0.05, 0.1) is 17.3 Å². The van der Waals surface area contributed by atoms with E-state index in [9.17, 15) is 13.2 Å². The van der Waals surface area contributed by atoms with Crippen molar-refractivity contribution in [3.8, 4) is 5.75 Å². The van der Waals surface area contributed by atoms with Gasteiger partial charge in [-0.15, -0.1) is 0 Å². The second-order valence-electron chi connectivity index (χ2n) is 7.60. The largest absolute Gasteiger partial charge is 0.489 e. The number of benzene rings is 1. The minimum atomic E-state index is -3.51. The molecule has 0 saturated heterocycles. The summed E-state index contributed by atoms with van der Waals surface area (Å²) in [4.78, 5) is 16.7. The van der Waals surface area contributed by atoms with E-state index in [0.29, 0.717) is 24.1 Å². The van der Waals surface area contributed by atoms with Crippen LogP contribution in [0.15, 0.2) is 47.5 Å². The Balaban J connectivity index is 1.55. The lowest BCUT2D eigenvalue weighted by Crippen LogP contribution is -2.19. The number of pyridine rings is 1. The van der Waals surface area contributed by atoms with Gasteiger partial charge < -0.3 is 10.1 Å². The van der Waals surface area contributed by atoms with E-state index >= 15 is 0 Å². The van der Waals surface area contributed by atoms with Crippen LogP contribution in [-0.2, 0) is 14.6 Å². The molecule has 0 atom stereocenters. The smallest absolute Gasteiger partial charge is 0.226 e. The number of nitrogens with zero attached hydrogens (tertiary/aromatic N) is 1.